The summed E-state index contributed by atoms with van der Waals surface area (Å²) < 4.78 is 20.6. The minimum atomic E-state index is -2.79. The molecule has 1 aromatic rings. The second-order valence-electron chi connectivity index (χ2n) is 2.87. The predicted octanol–water partition coefficient (Wildman–Crippen LogP) is 3.67. The van der Waals surface area contributed by atoms with Gasteiger partial charge in [0, 0.05) is 0 Å². The molecular formula is C11H12FIO2. The van der Waals surface area contributed by atoms with Crippen LogP contribution in [-0.2, 0) is 9.53 Å². The van der Waals surface area contributed by atoms with Crippen LogP contribution >= 0.6 is 20.4 Å². The van der Waals surface area contributed by atoms with Crippen molar-refractivity contribution in [1.82, 2.24) is 0 Å². The summed E-state index contributed by atoms with van der Waals surface area (Å²) in [5, 5.41) is 0. The summed E-state index contributed by atoms with van der Waals surface area (Å²) in [6.45, 7) is 2.89. The molecule has 0 radical (unpaired) electrons. The Morgan fingerprint density at radius 1 is 1.33 bits per heavy atom. The number of halogens is 2. The Morgan fingerprint density at radius 2 is 1.93 bits per heavy atom. The van der Waals surface area contributed by atoms with Gasteiger partial charge in [0.25, 0.3) is 0 Å². The van der Waals surface area contributed by atoms with E-state index in [4.69, 9.17) is 4.74 Å². The van der Waals surface area contributed by atoms with Crippen molar-refractivity contribution in [3.05, 3.63) is 43.7 Å². The molecule has 0 unspecified atom stereocenters. The first-order valence-corrected chi connectivity index (χ1v) is 7.50. The monoisotopic (exact) mass is 322 g/mol. The molecule has 0 atom stereocenters. The van der Waals surface area contributed by atoms with Crippen LogP contribution in [0.1, 0.15) is 13.8 Å². The van der Waals surface area contributed by atoms with Crippen LogP contribution in [-0.4, -0.2) is 5.97 Å². The van der Waals surface area contributed by atoms with Gasteiger partial charge in [-0.05, 0) is 0 Å². The number of carbonyl (C=O) groups is 1. The second kappa shape index (κ2) is 5.85. The molecule has 0 fully saturated rings. The van der Waals surface area contributed by atoms with Gasteiger partial charge in [0.15, 0.2) is 0 Å². The summed E-state index contributed by atoms with van der Waals surface area (Å²) in [5.74, 6) is -0.0693. The first kappa shape index (κ1) is 12.2. The molecule has 0 heterocycles. The molecule has 1 rings (SSSR count). The fourth-order valence-electron chi connectivity index (χ4n) is 0.982. The van der Waals surface area contributed by atoms with Gasteiger partial charge in [-0.2, -0.15) is 0 Å². The summed E-state index contributed by atoms with van der Waals surface area (Å²) >= 11 is -2.79. The Hall–Kier alpha value is -0.910. The van der Waals surface area contributed by atoms with Crippen LogP contribution in [0, 0.1) is 3.57 Å². The van der Waals surface area contributed by atoms with Gasteiger partial charge in [0.05, 0.1) is 0 Å². The standard InChI is InChI=1S/C11H12FIO2/c1-9(15-10(2)14)8-13(12)11-6-4-3-5-7-11/h3-8H,1-2H3/b9-8+. The number of hydrogen-bond donors (Lipinski definition) is 0. The van der Waals surface area contributed by atoms with Crippen molar-refractivity contribution < 1.29 is 12.4 Å². The number of esters is 1. The molecule has 0 saturated heterocycles. The summed E-state index contributed by atoms with van der Waals surface area (Å²) in [6, 6.07) is 8.95. The number of benzene rings is 1. The molecule has 15 heavy (non-hydrogen) atoms. The van der Waals surface area contributed by atoms with Gasteiger partial charge in [-0.1, -0.05) is 0 Å². The van der Waals surface area contributed by atoms with Gasteiger partial charge in [-0.3, -0.25) is 0 Å². The molecule has 82 valence electrons. The van der Waals surface area contributed by atoms with E-state index in [9.17, 15) is 7.65 Å². The first-order valence-electron chi connectivity index (χ1n) is 4.36. The SMILES string of the molecule is CC(=O)O/C(C)=C/I(F)c1ccccc1. The Kier molecular flexibility index (Phi) is 4.74. The fourth-order valence-corrected chi connectivity index (χ4v) is 3.34. The molecular weight excluding hydrogens is 310 g/mol. The maximum absolute atomic E-state index is 13.7. The number of allylic oxidation sites excluding steroid dienone is 1. The van der Waals surface area contributed by atoms with Crippen molar-refractivity contribution in [2.24, 2.45) is 0 Å². The van der Waals surface area contributed by atoms with Crippen molar-refractivity contribution in [3.63, 3.8) is 0 Å². The van der Waals surface area contributed by atoms with Gasteiger partial charge in [-0.15, -0.1) is 0 Å². The number of ether oxygens (including phenoxy) is 1. The molecule has 4 heteroatoms. The van der Waals surface area contributed by atoms with Gasteiger partial charge in [0.2, 0.25) is 0 Å². The Labute approximate surface area is 96.3 Å². The molecule has 2 nitrogen and oxygen atoms in total. The third-order valence-electron chi connectivity index (χ3n) is 1.50. The van der Waals surface area contributed by atoms with Crippen LogP contribution in [0.5, 0.6) is 0 Å². The van der Waals surface area contributed by atoms with Gasteiger partial charge in [0.1, 0.15) is 0 Å². The van der Waals surface area contributed by atoms with E-state index in [-0.39, 0.29) is 0 Å². The molecule has 0 aliphatic heterocycles. The Bertz CT molecular complexity index is 362. The molecule has 0 N–H and O–H groups in total. The van der Waals surface area contributed by atoms with Crippen LogP contribution in [0.4, 0.5) is 2.86 Å². The zero-order valence-corrected chi connectivity index (χ0v) is 10.7. The third kappa shape index (κ3) is 4.42. The third-order valence-corrected chi connectivity index (χ3v) is 4.83. The van der Waals surface area contributed by atoms with E-state index in [1.807, 2.05) is 6.07 Å². The van der Waals surface area contributed by atoms with E-state index in [2.05, 4.69) is 0 Å². The summed E-state index contributed by atoms with van der Waals surface area (Å²) in [5.41, 5.74) is 0. The van der Waals surface area contributed by atoms with Crippen molar-refractivity contribution in [1.29, 1.82) is 0 Å². The Morgan fingerprint density at radius 3 is 2.47 bits per heavy atom. The van der Waals surface area contributed by atoms with Gasteiger partial charge >= 0.3 is 96.3 Å². The zero-order chi connectivity index (χ0) is 11.3. The topological polar surface area (TPSA) is 26.3 Å². The molecule has 0 aromatic heterocycles. The summed E-state index contributed by atoms with van der Waals surface area (Å²) in [7, 11) is 0. The zero-order valence-electron chi connectivity index (χ0n) is 8.54. The fraction of sp³-hybridized carbons (Fsp3) is 0.182. The molecule has 1 aromatic carbocycles. The molecule has 0 bridgehead atoms. The quantitative estimate of drug-likeness (QED) is 0.482. The van der Waals surface area contributed by atoms with E-state index in [0.29, 0.717) is 9.33 Å². The molecule has 0 aliphatic rings. The Balaban J connectivity index is 2.70. The summed E-state index contributed by atoms with van der Waals surface area (Å²) in [6.07, 6.45) is 0. The van der Waals surface area contributed by atoms with Crippen molar-refractivity contribution in [2.75, 3.05) is 0 Å². The molecule has 0 saturated carbocycles. The van der Waals surface area contributed by atoms with Gasteiger partial charge < -0.3 is 0 Å². The second-order valence-corrected chi connectivity index (χ2v) is 6.24. The number of carbonyl (C=O) groups excluding carboxylic acids is 1. The van der Waals surface area contributed by atoms with Crippen LogP contribution in [0.25, 0.3) is 0 Å². The van der Waals surface area contributed by atoms with Crippen molar-refractivity contribution >= 4 is 26.4 Å². The van der Waals surface area contributed by atoms with E-state index in [1.54, 1.807) is 31.2 Å². The average Bonchev–Trinajstić information content (AvgIpc) is 2.17. The first-order chi connectivity index (χ1) is 7.09. The van der Waals surface area contributed by atoms with Crippen molar-refractivity contribution in [2.45, 2.75) is 13.8 Å². The van der Waals surface area contributed by atoms with E-state index < -0.39 is 26.4 Å². The van der Waals surface area contributed by atoms with E-state index >= 15 is 0 Å². The molecule has 0 amide bonds. The van der Waals surface area contributed by atoms with Crippen LogP contribution < -0.4 is 0 Å². The normalized spacial score (nSPS) is 12.2. The molecule has 0 aliphatic carbocycles. The molecule has 0 spiro atoms. The van der Waals surface area contributed by atoms with Crippen molar-refractivity contribution in [3.8, 4) is 0 Å². The summed E-state index contributed by atoms with van der Waals surface area (Å²) in [4.78, 5) is 10.6. The van der Waals surface area contributed by atoms with Crippen LogP contribution in [0.2, 0.25) is 0 Å². The predicted molar refractivity (Wildman–Crippen MR) is 65.8 cm³/mol. The number of rotatable bonds is 3. The minimum absolute atomic E-state index is 0.346. The maximum atomic E-state index is 13.7. The van der Waals surface area contributed by atoms with Crippen LogP contribution in [0.3, 0.4) is 0 Å². The van der Waals surface area contributed by atoms with E-state index in [1.165, 1.54) is 11.0 Å². The average molecular weight is 322 g/mol. The van der Waals surface area contributed by atoms with Crippen LogP contribution in [0.15, 0.2) is 40.2 Å². The van der Waals surface area contributed by atoms with Gasteiger partial charge in [-0.25, -0.2) is 0 Å². The van der Waals surface area contributed by atoms with E-state index in [0.717, 1.165) is 0 Å². The number of hydrogen-bond acceptors (Lipinski definition) is 2.